The number of hydrogen-bond acceptors (Lipinski definition) is 3. The summed E-state index contributed by atoms with van der Waals surface area (Å²) >= 11 is 0. The number of rotatable bonds is 1. The molecule has 0 atom stereocenters. The van der Waals surface area contributed by atoms with E-state index in [0.717, 1.165) is 5.39 Å². The molecule has 68 valence electrons. The van der Waals surface area contributed by atoms with Crippen LogP contribution in [0.3, 0.4) is 0 Å². The maximum Gasteiger partial charge on any atom is 0.337 e. The van der Waals surface area contributed by atoms with Crippen molar-refractivity contribution in [1.82, 2.24) is 10.2 Å². The number of hydrogen-bond donors (Lipinski definition) is 2. The van der Waals surface area contributed by atoms with Crippen LogP contribution in [0.2, 0.25) is 0 Å². The summed E-state index contributed by atoms with van der Waals surface area (Å²) in [5, 5.41) is 24.7. The number of fused-ring (bicyclic) bond motifs is 1. The maximum atomic E-state index is 10.8. The highest BCUT2D eigenvalue weighted by atomic mass is 16.4. The molecule has 0 saturated carbocycles. The molecule has 1 aromatic heterocycles. The second-order valence-electron chi connectivity index (χ2n) is 2.77. The monoisotopic (exact) mass is 187 g/mol. The minimum atomic E-state index is -1.11. The highest BCUT2D eigenvalue weighted by molar-refractivity contribution is 5.96. The Morgan fingerprint density at radius 2 is 2.36 bits per heavy atom. The van der Waals surface area contributed by atoms with Crippen LogP contribution in [0.4, 0.5) is 0 Å². The van der Waals surface area contributed by atoms with Gasteiger partial charge in [0.25, 0.3) is 0 Å². The number of nitrogens with zero attached hydrogens (tertiary/aromatic N) is 2. The molecule has 5 heteroatoms. The third-order valence-electron chi connectivity index (χ3n) is 1.93. The molecule has 5 nitrogen and oxygen atoms in total. The average molecular weight is 187 g/mol. The van der Waals surface area contributed by atoms with Crippen molar-refractivity contribution in [3.8, 4) is 6.07 Å². The standard InChI is InChI=1S/C9H5N3O2/c10-3-5-1-6-4-11-12-8(6)2-7(5)9(13)14/h1-2,4H,(H,11,12)(H,13,14). The van der Waals surface area contributed by atoms with E-state index in [-0.39, 0.29) is 11.1 Å². The number of nitrogens with one attached hydrogen (secondary N) is 1. The normalized spacial score (nSPS) is 9.93. The van der Waals surface area contributed by atoms with E-state index in [2.05, 4.69) is 10.2 Å². The van der Waals surface area contributed by atoms with Crippen molar-refractivity contribution < 1.29 is 9.90 Å². The van der Waals surface area contributed by atoms with Crippen molar-refractivity contribution in [3.05, 3.63) is 29.5 Å². The van der Waals surface area contributed by atoms with Crippen LogP contribution in [0.15, 0.2) is 18.3 Å². The van der Waals surface area contributed by atoms with E-state index in [0.29, 0.717) is 5.52 Å². The number of benzene rings is 1. The van der Waals surface area contributed by atoms with E-state index in [9.17, 15) is 4.79 Å². The van der Waals surface area contributed by atoms with Crippen LogP contribution < -0.4 is 0 Å². The van der Waals surface area contributed by atoms with Gasteiger partial charge in [0.05, 0.1) is 22.8 Å². The number of aromatic nitrogens is 2. The predicted octanol–water partition coefficient (Wildman–Crippen LogP) is 1.13. The first kappa shape index (κ1) is 8.26. The largest absolute Gasteiger partial charge is 0.478 e. The Balaban J connectivity index is 2.81. The first-order valence-electron chi connectivity index (χ1n) is 3.83. The molecular formula is C9H5N3O2. The van der Waals surface area contributed by atoms with Crippen molar-refractivity contribution in [2.45, 2.75) is 0 Å². The molecule has 0 spiro atoms. The van der Waals surface area contributed by atoms with E-state index in [1.54, 1.807) is 6.20 Å². The van der Waals surface area contributed by atoms with Gasteiger partial charge < -0.3 is 5.11 Å². The lowest BCUT2D eigenvalue weighted by Gasteiger charge is -1.97. The zero-order chi connectivity index (χ0) is 10.1. The van der Waals surface area contributed by atoms with Gasteiger partial charge in [0.2, 0.25) is 0 Å². The molecule has 2 aromatic rings. The average Bonchev–Trinajstić information content (AvgIpc) is 2.62. The molecule has 0 saturated heterocycles. The molecule has 2 rings (SSSR count). The van der Waals surface area contributed by atoms with Crippen LogP contribution in [-0.2, 0) is 0 Å². The van der Waals surface area contributed by atoms with Crippen LogP contribution >= 0.6 is 0 Å². The van der Waals surface area contributed by atoms with E-state index in [1.807, 2.05) is 6.07 Å². The molecule has 1 aromatic carbocycles. The molecule has 0 bridgehead atoms. The predicted molar refractivity (Wildman–Crippen MR) is 47.8 cm³/mol. The van der Waals surface area contributed by atoms with Gasteiger partial charge in [0, 0.05) is 5.39 Å². The molecule has 0 aliphatic rings. The molecule has 0 fully saturated rings. The second-order valence-corrected chi connectivity index (χ2v) is 2.77. The lowest BCUT2D eigenvalue weighted by Crippen LogP contribution is -1.99. The summed E-state index contributed by atoms with van der Waals surface area (Å²) < 4.78 is 0. The van der Waals surface area contributed by atoms with Gasteiger partial charge in [-0.25, -0.2) is 4.79 Å². The SMILES string of the molecule is N#Cc1cc2cn[nH]c2cc1C(=O)O. The Morgan fingerprint density at radius 3 is 3.00 bits per heavy atom. The first-order valence-corrected chi connectivity index (χ1v) is 3.83. The molecule has 2 N–H and O–H groups in total. The minimum absolute atomic E-state index is 0.00995. The lowest BCUT2D eigenvalue weighted by molar-refractivity contribution is 0.0696. The van der Waals surface area contributed by atoms with Gasteiger partial charge in [-0.2, -0.15) is 10.4 Å². The van der Waals surface area contributed by atoms with Gasteiger partial charge in [0.15, 0.2) is 0 Å². The summed E-state index contributed by atoms with van der Waals surface area (Å²) in [5.41, 5.74) is 0.747. The third kappa shape index (κ3) is 1.10. The van der Waals surface area contributed by atoms with Crippen molar-refractivity contribution in [3.63, 3.8) is 0 Å². The van der Waals surface area contributed by atoms with Gasteiger partial charge in [0.1, 0.15) is 6.07 Å². The maximum absolute atomic E-state index is 10.8. The summed E-state index contributed by atoms with van der Waals surface area (Å²) in [5.74, 6) is -1.11. The van der Waals surface area contributed by atoms with E-state index >= 15 is 0 Å². The van der Waals surface area contributed by atoms with Crippen molar-refractivity contribution in [2.75, 3.05) is 0 Å². The number of carboxylic acid groups (broad SMARTS) is 1. The van der Waals surface area contributed by atoms with E-state index < -0.39 is 5.97 Å². The minimum Gasteiger partial charge on any atom is -0.478 e. The summed E-state index contributed by atoms with van der Waals surface area (Å²) in [6.07, 6.45) is 1.54. The zero-order valence-corrected chi connectivity index (χ0v) is 6.98. The number of aromatic carboxylic acids is 1. The van der Waals surface area contributed by atoms with Crippen LogP contribution in [0.25, 0.3) is 10.9 Å². The third-order valence-corrected chi connectivity index (χ3v) is 1.93. The zero-order valence-electron chi connectivity index (χ0n) is 6.98. The summed E-state index contributed by atoms with van der Waals surface area (Å²) in [6, 6.07) is 4.74. The van der Waals surface area contributed by atoms with Gasteiger partial charge in [-0.05, 0) is 12.1 Å². The summed E-state index contributed by atoms with van der Waals surface area (Å²) in [7, 11) is 0. The quantitative estimate of drug-likeness (QED) is 0.700. The summed E-state index contributed by atoms with van der Waals surface area (Å²) in [4.78, 5) is 10.8. The van der Waals surface area contributed by atoms with E-state index in [4.69, 9.17) is 10.4 Å². The van der Waals surface area contributed by atoms with Gasteiger partial charge >= 0.3 is 5.97 Å². The number of carboxylic acids is 1. The van der Waals surface area contributed by atoms with E-state index in [1.165, 1.54) is 12.1 Å². The number of aromatic amines is 1. The highest BCUT2D eigenvalue weighted by Crippen LogP contribution is 2.17. The first-order chi connectivity index (χ1) is 6.72. The van der Waals surface area contributed by atoms with Crippen molar-refractivity contribution in [2.24, 2.45) is 0 Å². The van der Waals surface area contributed by atoms with Crippen LogP contribution in [0.5, 0.6) is 0 Å². The van der Waals surface area contributed by atoms with Gasteiger partial charge in [-0.1, -0.05) is 0 Å². The fourth-order valence-corrected chi connectivity index (χ4v) is 1.26. The molecule has 0 amide bonds. The second kappa shape index (κ2) is 2.85. The Morgan fingerprint density at radius 1 is 1.57 bits per heavy atom. The topological polar surface area (TPSA) is 89.8 Å². The number of H-pyrrole nitrogens is 1. The van der Waals surface area contributed by atoms with Crippen LogP contribution in [0, 0.1) is 11.3 Å². The molecule has 0 aliphatic carbocycles. The van der Waals surface area contributed by atoms with Gasteiger partial charge in [-0.15, -0.1) is 0 Å². The van der Waals surface area contributed by atoms with Crippen molar-refractivity contribution in [1.29, 1.82) is 5.26 Å². The summed E-state index contributed by atoms with van der Waals surface area (Å²) in [6.45, 7) is 0. The number of nitriles is 1. The fraction of sp³-hybridized carbons (Fsp3) is 0. The number of carbonyl (C=O) groups is 1. The van der Waals surface area contributed by atoms with Crippen LogP contribution in [-0.4, -0.2) is 21.3 Å². The Kier molecular flexibility index (Phi) is 1.68. The molecule has 1 heterocycles. The van der Waals surface area contributed by atoms with Crippen molar-refractivity contribution >= 4 is 16.9 Å². The van der Waals surface area contributed by atoms with Crippen LogP contribution in [0.1, 0.15) is 15.9 Å². The molecule has 14 heavy (non-hydrogen) atoms. The molecule has 0 radical (unpaired) electrons. The Hall–Kier alpha value is -2.35. The Bertz CT molecular complexity index is 551. The highest BCUT2D eigenvalue weighted by Gasteiger charge is 2.11. The molecule has 0 aliphatic heterocycles. The molecular weight excluding hydrogens is 182 g/mol. The van der Waals surface area contributed by atoms with Gasteiger partial charge in [-0.3, -0.25) is 5.10 Å². The fourth-order valence-electron chi connectivity index (χ4n) is 1.26. The smallest absolute Gasteiger partial charge is 0.337 e. The lowest BCUT2D eigenvalue weighted by atomic mass is 10.1. The molecule has 0 unspecified atom stereocenters. The Labute approximate surface area is 78.6 Å².